The zero-order chi connectivity index (χ0) is 15.2. The van der Waals surface area contributed by atoms with Crippen LogP contribution in [0.2, 0.25) is 0 Å². The van der Waals surface area contributed by atoms with Gasteiger partial charge in [0, 0.05) is 29.0 Å². The molecule has 0 fully saturated rings. The molecule has 2 aromatic rings. The van der Waals surface area contributed by atoms with Crippen LogP contribution in [0.4, 0.5) is 4.39 Å². The Bertz CT molecular complexity index is 585. The lowest BCUT2D eigenvalue weighted by atomic mass is 10.0. The standard InChI is InChI=1S/C15H20BrFN4/c1-3-7-18-14(9-15-19-10-20-21(15)4-2)12-8-11(16)5-6-13(12)17/h5-6,8,10,14,18H,3-4,7,9H2,1-2H3. The summed E-state index contributed by atoms with van der Waals surface area (Å²) in [6.45, 7) is 5.70. The SMILES string of the molecule is CCCNC(Cc1ncnn1CC)c1cc(Br)ccc1F. The van der Waals surface area contributed by atoms with Gasteiger partial charge in [-0.25, -0.2) is 9.37 Å². The fourth-order valence-electron chi connectivity index (χ4n) is 2.29. The Morgan fingerprint density at radius 1 is 1.38 bits per heavy atom. The van der Waals surface area contributed by atoms with Gasteiger partial charge < -0.3 is 5.32 Å². The Labute approximate surface area is 132 Å². The van der Waals surface area contributed by atoms with Crippen molar-refractivity contribution in [3.63, 3.8) is 0 Å². The Hall–Kier alpha value is -1.27. The van der Waals surface area contributed by atoms with E-state index in [1.807, 2.05) is 17.7 Å². The fraction of sp³-hybridized carbons (Fsp3) is 0.467. The van der Waals surface area contributed by atoms with E-state index in [1.165, 1.54) is 6.07 Å². The van der Waals surface area contributed by atoms with Crippen LogP contribution in [0.1, 0.15) is 37.7 Å². The third-order valence-electron chi connectivity index (χ3n) is 3.36. The summed E-state index contributed by atoms with van der Waals surface area (Å²) in [5.74, 6) is 0.667. The van der Waals surface area contributed by atoms with Crippen LogP contribution in [0.15, 0.2) is 29.0 Å². The normalized spacial score (nSPS) is 12.6. The number of benzene rings is 1. The predicted octanol–water partition coefficient (Wildman–Crippen LogP) is 3.48. The molecule has 0 aliphatic heterocycles. The molecule has 4 nitrogen and oxygen atoms in total. The molecule has 21 heavy (non-hydrogen) atoms. The van der Waals surface area contributed by atoms with Crippen molar-refractivity contribution in [1.82, 2.24) is 20.1 Å². The van der Waals surface area contributed by atoms with Crippen molar-refractivity contribution in [3.05, 3.63) is 46.2 Å². The Morgan fingerprint density at radius 2 is 2.19 bits per heavy atom. The first-order valence-electron chi connectivity index (χ1n) is 7.20. The summed E-state index contributed by atoms with van der Waals surface area (Å²) >= 11 is 3.41. The molecule has 2 rings (SSSR count). The van der Waals surface area contributed by atoms with E-state index in [-0.39, 0.29) is 11.9 Å². The molecule has 1 heterocycles. The van der Waals surface area contributed by atoms with Crippen molar-refractivity contribution in [1.29, 1.82) is 0 Å². The number of aromatic nitrogens is 3. The molecule has 0 radical (unpaired) electrons. The lowest BCUT2D eigenvalue weighted by Gasteiger charge is -2.19. The number of nitrogens with one attached hydrogen (secondary N) is 1. The zero-order valence-corrected chi connectivity index (χ0v) is 13.9. The van der Waals surface area contributed by atoms with Crippen molar-refractivity contribution in [2.45, 2.75) is 39.3 Å². The second-order valence-corrected chi connectivity index (χ2v) is 5.78. The second-order valence-electron chi connectivity index (χ2n) is 4.87. The van der Waals surface area contributed by atoms with Crippen LogP contribution in [0.25, 0.3) is 0 Å². The van der Waals surface area contributed by atoms with Crippen LogP contribution in [0, 0.1) is 5.82 Å². The molecule has 1 aromatic carbocycles. The van der Waals surface area contributed by atoms with E-state index in [2.05, 4.69) is 38.3 Å². The summed E-state index contributed by atoms with van der Waals surface area (Å²) < 4.78 is 16.9. The quantitative estimate of drug-likeness (QED) is 0.827. The first kappa shape index (κ1) is 16.1. The molecule has 0 aliphatic rings. The second kappa shape index (κ2) is 7.66. The number of rotatable bonds is 7. The number of aryl methyl sites for hydroxylation is 1. The van der Waals surface area contributed by atoms with E-state index in [0.717, 1.165) is 29.8 Å². The molecule has 1 aromatic heterocycles. The highest BCUT2D eigenvalue weighted by atomic mass is 79.9. The predicted molar refractivity (Wildman–Crippen MR) is 84.5 cm³/mol. The van der Waals surface area contributed by atoms with Crippen molar-refractivity contribution in [2.75, 3.05) is 6.54 Å². The van der Waals surface area contributed by atoms with Crippen LogP contribution in [-0.4, -0.2) is 21.3 Å². The smallest absolute Gasteiger partial charge is 0.138 e. The van der Waals surface area contributed by atoms with Crippen molar-refractivity contribution in [2.24, 2.45) is 0 Å². The summed E-state index contributed by atoms with van der Waals surface area (Å²) in [6, 6.07) is 4.92. The van der Waals surface area contributed by atoms with E-state index < -0.39 is 0 Å². The van der Waals surface area contributed by atoms with Gasteiger partial charge in [-0.15, -0.1) is 0 Å². The van der Waals surface area contributed by atoms with Gasteiger partial charge in [0.25, 0.3) is 0 Å². The van der Waals surface area contributed by atoms with E-state index in [9.17, 15) is 4.39 Å². The van der Waals surface area contributed by atoms with Gasteiger partial charge in [0.1, 0.15) is 18.0 Å². The van der Waals surface area contributed by atoms with Gasteiger partial charge in [0.05, 0.1) is 0 Å². The van der Waals surface area contributed by atoms with Crippen molar-refractivity contribution < 1.29 is 4.39 Å². The minimum absolute atomic E-state index is 0.114. The average molecular weight is 355 g/mol. The maximum atomic E-state index is 14.2. The van der Waals surface area contributed by atoms with Gasteiger partial charge in [-0.05, 0) is 38.1 Å². The summed E-state index contributed by atoms with van der Waals surface area (Å²) in [5.41, 5.74) is 0.656. The summed E-state index contributed by atoms with van der Waals surface area (Å²) in [7, 11) is 0. The number of hydrogen-bond donors (Lipinski definition) is 1. The molecule has 1 unspecified atom stereocenters. The molecule has 0 saturated carbocycles. The van der Waals surface area contributed by atoms with E-state index in [0.29, 0.717) is 12.0 Å². The maximum Gasteiger partial charge on any atom is 0.138 e. The number of hydrogen-bond acceptors (Lipinski definition) is 3. The van der Waals surface area contributed by atoms with Gasteiger partial charge in [0.15, 0.2) is 0 Å². The first-order valence-corrected chi connectivity index (χ1v) is 8.00. The van der Waals surface area contributed by atoms with Gasteiger partial charge in [-0.3, -0.25) is 4.68 Å². The molecule has 0 spiro atoms. The molecule has 0 amide bonds. The number of halogens is 2. The van der Waals surface area contributed by atoms with E-state index in [4.69, 9.17) is 0 Å². The topological polar surface area (TPSA) is 42.7 Å². The third-order valence-corrected chi connectivity index (χ3v) is 3.85. The average Bonchev–Trinajstić information content (AvgIpc) is 2.93. The zero-order valence-electron chi connectivity index (χ0n) is 12.3. The minimum Gasteiger partial charge on any atom is -0.309 e. The minimum atomic E-state index is -0.200. The fourth-order valence-corrected chi connectivity index (χ4v) is 2.66. The van der Waals surface area contributed by atoms with Crippen LogP contribution >= 0.6 is 15.9 Å². The van der Waals surface area contributed by atoms with Gasteiger partial charge in [0.2, 0.25) is 0 Å². The lowest BCUT2D eigenvalue weighted by molar-refractivity contribution is 0.474. The molecule has 0 bridgehead atoms. The Kier molecular flexibility index (Phi) is 5.87. The molecule has 114 valence electrons. The van der Waals surface area contributed by atoms with Gasteiger partial charge in [-0.2, -0.15) is 5.10 Å². The third kappa shape index (κ3) is 4.11. The monoisotopic (exact) mass is 354 g/mol. The van der Waals surface area contributed by atoms with Crippen LogP contribution in [0.3, 0.4) is 0 Å². The van der Waals surface area contributed by atoms with Gasteiger partial charge in [-0.1, -0.05) is 22.9 Å². The summed E-state index contributed by atoms with van der Waals surface area (Å²) in [4.78, 5) is 4.29. The molecule has 0 saturated heterocycles. The Balaban J connectivity index is 2.27. The highest BCUT2D eigenvalue weighted by Gasteiger charge is 2.18. The highest BCUT2D eigenvalue weighted by molar-refractivity contribution is 9.10. The molecule has 6 heteroatoms. The van der Waals surface area contributed by atoms with Crippen LogP contribution in [-0.2, 0) is 13.0 Å². The lowest BCUT2D eigenvalue weighted by Crippen LogP contribution is -2.26. The highest BCUT2D eigenvalue weighted by Crippen LogP contribution is 2.24. The molecular formula is C15H20BrFN4. The molecule has 1 N–H and O–H groups in total. The summed E-state index contributed by atoms with van der Waals surface area (Å²) in [6.07, 6.45) is 3.15. The van der Waals surface area contributed by atoms with Crippen LogP contribution in [0.5, 0.6) is 0 Å². The largest absolute Gasteiger partial charge is 0.309 e. The van der Waals surface area contributed by atoms with E-state index >= 15 is 0 Å². The maximum absolute atomic E-state index is 14.2. The van der Waals surface area contributed by atoms with Crippen LogP contribution < -0.4 is 5.32 Å². The molecule has 0 aliphatic carbocycles. The van der Waals surface area contributed by atoms with E-state index in [1.54, 1.807) is 12.4 Å². The van der Waals surface area contributed by atoms with Crippen molar-refractivity contribution in [3.8, 4) is 0 Å². The molecule has 1 atom stereocenters. The van der Waals surface area contributed by atoms with Crippen molar-refractivity contribution >= 4 is 15.9 Å². The number of nitrogens with zero attached hydrogens (tertiary/aromatic N) is 3. The van der Waals surface area contributed by atoms with Gasteiger partial charge >= 0.3 is 0 Å². The molecular weight excluding hydrogens is 335 g/mol. The summed E-state index contributed by atoms with van der Waals surface area (Å²) in [5, 5.41) is 7.58. The first-order chi connectivity index (χ1) is 10.2. The Morgan fingerprint density at radius 3 is 2.90 bits per heavy atom.